The Labute approximate surface area is 84.7 Å². The molecule has 0 bridgehead atoms. The van der Waals surface area contributed by atoms with Crippen LogP contribution in [0.2, 0.25) is 0 Å². The highest BCUT2D eigenvalue weighted by Crippen LogP contribution is 2.14. The number of nitrogens with two attached hydrogens (primary N) is 2. The average molecular weight is 220 g/mol. The van der Waals surface area contributed by atoms with E-state index < -0.39 is 36.1 Å². The molecule has 15 heavy (non-hydrogen) atoms. The SMILES string of the molecule is CC1OC(=O)C(O)C(O)C(=O)OC1(N)N. The van der Waals surface area contributed by atoms with Gasteiger partial charge in [-0.25, -0.2) is 9.59 Å². The van der Waals surface area contributed by atoms with Crippen molar-refractivity contribution in [1.29, 1.82) is 0 Å². The van der Waals surface area contributed by atoms with Crippen LogP contribution >= 0.6 is 0 Å². The van der Waals surface area contributed by atoms with Crippen LogP contribution in [0.25, 0.3) is 0 Å². The molecule has 0 spiro atoms. The van der Waals surface area contributed by atoms with Crippen LogP contribution in [-0.4, -0.2) is 46.3 Å². The number of rotatable bonds is 0. The normalized spacial score (nSPS) is 36.2. The molecule has 0 radical (unpaired) electrons. The molecule has 6 N–H and O–H groups in total. The molecule has 1 rings (SSSR count). The van der Waals surface area contributed by atoms with Gasteiger partial charge in [-0.1, -0.05) is 0 Å². The fourth-order valence-electron chi connectivity index (χ4n) is 0.911. The molecule has 1 aliphatic heterocycles. The van der Waals surface area contributed by atoms with Crippen molar-refractivity contribution in [3.05, 3.63) is 0 Å². The Kier molecular flexibility index (Phi) is 2.95. The van der Waals surface area contributed by atoms with Gasteiger partial charge in [0.05, 0.1) is 0 Å². The van der Waals surface area contributed by atoms with Gasteiger partial charge in [-0.05, 0) is 6.92 Å². The highest BCUT2D eigenvalue weighted by atomic mass is 16.6. The number of hydrogen-bond acceptors (Lipinski definition) is 8. The number of aliphatic hydroxyl groups excluding tert-OH is 2. The molecule has 0 aromatic rings. The fourth-order valence-corrected chi connectivity index (χ4v) is 0.911. The standard InChI is InChI=1S/C7H12N2O6/c1-2-7(8,9)15-6(13)4(11)3(10)5(12)14-2/h2-4,10-11H,8-9H2,1H3. The number of cyclic esters (lactones) is 2. The molecule has 0 amide bonds. The predicted octanol–water partition coefficient (Wildman–Crippen LogP) is -3.23. The second-order valence-electron chi connectivity index (χ2n) is 3.24. The Morgan fingerprint density at radius 1 is 1.20 bits per heavy atom. The van der Waals surface area contributed by atoms with Crippen molar-refractivity contribution < 1.29 is 29.3 Å². The lowest BCUT2D eigenvalue weighted by Crippen LogP contribution is -2.65. The maximum Gasteiger partial charge on any atom is 0.341 e. The maximum atomic E-state index is 11.1. The number of aliphatic hydroxyl groups is 2. The first-order valence-electron chi connectivity index (χ1n) is 4.13. The third-order valence-electron chi connectivity index (χ3n) is 1.99. The highest BCUT2D eigenvalue weighted by molar-refractivity contribution is 5.86. The number of esters is 2. The molecule has 0 aromatic carbocycles. The molecule has 3 atom stereocenters. The third-order valence-corrected chi connectivity index (χ3v) is 1.99. The van der Waals surface area contributed by atoms with E-state index in [-0.39, 0.29) is 0 Å². The van der Waals surface area contributed by atoms with E-state index in [9.17, 15) is 9.59 Å². The van der Waals surface area contributed by atoms with Crippen LogP contribution in [-0.2, 0) is 19.1 Å². The van der Waals surface area contributed by atoms with Crippen molar-refractivity contribution in [3.8, 4) is 0 Å². The molecule has 0 aliphatic carbocycles. The van der Waals surface area contributed by atoms with Gasteiger partial charge < -0.3 is 19.7 Å². The van der Waals surface area contributed by atoms with Crippen LogP contribution in [0.15, 0.2) is 0 Å². The van der Waals surface area contributed by atoms with Crippen LogP contribution < -0.4 is 11.5 Å². The van der Waals surface area contributed by atoms with E-state index in [4.69, 9.17) is 21.7 Å². The monoisotopic (exact) mass is 220 g/mol. The zero-order chi connectivity index (χ0) is 11.8. The lowest BCUT2D eigenvalue weighted by Gasteiger charge is -2.34. The fraction of sp³-hybridized carbons (Fsp3) is 0.714. The minimum atomic E-state index is -2.06. The summed E-state index contributed by atoms with van der Waals surface area (Å²) in [6.45, 7) is 1.29. The van der Waals surface area contributed by atoms with E-state index in [1.54, 1.807) is 0 Å². The van der Waals surface area contributed by atoms with E-state index in [2.05, 4.69) is 9.47 Å². The smallest absolute Gasteiger partial charge is 0.341 e. The van der Waals surface area contributed by atoms with Crippen LogP contribution in [0.3, 0.4) is 0 Å². The molecule has 3 unspecified atom stereocenters. The van der Waals surface area contributed by atoms with Crippen molar-refractivity contribution in [2.75, 3.05) is 0 Å². The van der Waals surface area contributed by atoms with Crippen molar-refractivity contribution in [1.82, 2.24) is 0 Å². The predicted molar refractivity (Wildman–Crippen MR) is 44.8 cm³/mol. The number of ether oxygens (including phenoxy) is 2. The van der Waals surface area contributed by atoms with Crippen molar-refractivity contribution in [2.24, 2.45) is 11.5 Å². The Hall–Kier alpha value is -1.22. The van der Waals surface area contributed by atoms with Crippen LogP contribution in [0.4, 0.5) is 0 Å². The van der Waals surface area contributed by atoms with Gasteiger partial charge in [0.1, 0.15) is 0 Å². The number of carbonyl (C=O) groups is 2. The molecule has 0 saturated carbocycles. The summed E-state index contributed by atoms with van der Waals surface area (Å²) in [4.78, 5) is 22.2. The maximum absolute atomic E-state index is 11.1. The van der Waals surface area contributed by atoms with Crippen LogP contribution in [0, 0.1) is 0 Å². The summed E-state index contributed by atoms with van der Waals surface area (Å²) >= 11 is 0. The van der Waals surface area contributed by atoms with Gasteiger partial charge in [0, 0.05) is 0 Å². The summed E-state index contributed by atoms with van der Waals surface area (Å²) in [6.07, 6.45) is -5.20. The number of hydrogen-bond donors (Lipinski definition) is 4. The van der Waals surface area contributed by atoms with Gasteiger partial charge in [-0.15, -0.1) is 0 Å². The first kappa shape index (κ1) is 11.9. The molecule has 8 heteroatoms. The van der Waals surface area contributed by atoms with E-state index in [1.807, 2.05) is 0 Å². The zero-order valence-corrected chi connectivity index (χ0v) is 7.91. The third kappa shape index (κ3) is 2.23. The summed E-state index contributed by atoms with van der Waals surface area (Å²) in [5.41, 5.74) is 10.6. The van der Waals surface area contributed by atoms with Crippen molar-refractivity contribution in [3.63, 3.8) is 0 Å². The summed E-state index contributed by atoms with van der Waals surface area (Å²) in [5.74, 6) is -4.50. The Balaban J connectivity index is 2.95. The number of carbonyl (C=O) groups excluding carboxylic acids is 2. The molecular formula is C7H12N2O6. The summed E-state index contributed by atoms with van der Waals surface area (Å²) in [6, 6.07) is 0. The average Bonchev–Trinajstić information content (AvgIpc) is 2.13. The molecule has 0 aromatic heterocycles. The Bertz CT molecular complexity index is 291. The molecule has 1 heterocycles. The second kappa shape index (κ2) is 3.74. The first-order valence-corrected chi connectivity index (χ1v) is 4.13. The molecular weight excluding hydrogens is 208 g/mol. The lowest BCUT2D eigenvalue weighted by atomic mass is 10.1. The molecule has 86 valence electrons. The van der Waals surface area contributed by atoms with Gasteiger partial charge in [0.25, 0.3) is 5.85 Å². The van der Waals surface area contributed by atoms with Gasteiger partial charge in [-0.2, -0.15) is 0 Å². The first-order chi connectivity index (χ1) is 6.75. The Morgan fingerprint density at radius 3 is 2.20 bits per heavy atom. The van der Waals surface area contributed by atoms with E-state index in [1.165, 1.54) is 6.92 Å². The van der Waals surface area contributed by atoms with Gasteiger partial charge in [0.2, 0.25) is 0 Å². The lowest BCUT2D eigenvalue weighted by molar-refractivity contribution is -0.211. The minimum absolute atomic E-state index is 1.14. The van der Waals surface area contributed by atoms with Gasteiger partial charge in [-0.3, -0.25) is 11.5 Å². The zero-order valence-electron chi connectivity index (χ0n) is 7.91. The second-order valence-corrected chi connectivity index (χ2v) is 3.24. The van der Waals surface area contributed by atoms with Gasteiger partial charge >= 0.3 is 11.9 Å². The topological polar surface area (TPSA) is 145 Å². The minimum Gasteiger partial charge on any atom is -0.453 e. The van der Waals surface area contributed by atoms with E-state index in [0.29, 0.717) is 0 Å². The van der Waals surface area contributed by atoms with Crippen molar-refractivity contribution in [2.45, 2.75) is 31.1 Å². The molecule has 1 fully saturated rings. The highest BCUT2D eigenvalue weighted by Gasteiger charge is 2.44. The van der Waals surface area contributed by atoms with E-state index >= 15 is 0 Å². The van der Waals surface area contributed by atoms with Crippen LogP contribution in [0.1, 0.15) is 6.92 Å². The van der Waals surface area contributed by atoms with Crippen molar-refractivity contribution >= 4 is 11.9 Å². The largest absolute Gasteiger partial charge is 0.453 e. The molecule has 1 aliphatic rings. The quantitative estimate of drug-likeness (QED) is 0.246. The summed E-state index contributed by atoms with van der Waals surface area (Å²) in [7, 11) is 0. The van der Waals surface area contributed by atoms with Crippen LogP contribution in [0.5, 0.6) is 0 Å². The Morgan fingerprint density at radius 2 is 1.67 bits per heavy atom. The van der Waals surface area contributed by atoms with Gasteiger partial charge in [0.15, 0.2) is 18.3 Å². The van der Waals surface area contributed by atoms with E-state index in [0.717, 1.165) is 0 Å². The summed E-state index contributed by atoms with van der Waals surface area (Å²) < 4.78 is 9.01. The summed E-state index contributed by atoms with van der Waals surface area (Å²) in [5, 5.41) is 18.2. The molecule has 8 nitrogen and oxygen atoms in total. The molecule has 1 saturated heterocycles.